The largest absolute Gasteiger partial charge is 0.508 e. The zero-order valence-electron chi connectivity index (χ0n) is 10.4. The number of benzene rings is 1. The van der Waals surface area contributed by atoms with E-state index < -0.39 is 11.9 Å². The fraction of sp³-hybridized carbons (Fsp3) is 0.333. The van der Waals surface area contributed by atoms with Crippen molar-refractivity contribution >= 4 is 17.6 Å². The third-order valence-electron chi connectivity index (χ3n) is 2.17. The van der Waals surface area contributed by atoms with Gasteiger partial charge < -0.3 is 25.0 Å². The molecule has 104 valence electrons. The maximum absolute atomic E-state index is 11.5. The Morgan fingerprint density at radius 1 is 1.32 bits per heavy atom. The molecule has 0 aliphatic rings. The normalized spacial score (nSPS) is 10.2. The second kappa shape index (κ2) is 7.34. The Morgan fingerprint density at radius 3 is 2.68 bits per heavy atom. The number of amides is 1. The van der Waals surface area contributed by atoms with Gasteiger partial charge in [-0.3, -0.25) is 4.79 Å². The third-order valence-corrected chi connectivity index (χ3v) is 2.17. The molecule has 0 fully saturated rings. The van der Waals surface area contributed by atoms with Crippen molar-refractivity contribution in [1.82, 2.24) is 0 Å². The Bertz CT molecular complexity index is 460. The van der Waals surface area contributed by atoms with E-state index in [1.807, 2.05) is 0 Å². The van der Waals surface area contributed by atoms with Gasteiger partial charge in [0.05, 0.1) is 24.5 Å². The summed E-state index contributed by atoms with van der Waals surface area (Å²) in [7, 11) is 1.51. The van der Waals surface area contributed by atoms with E-state index in [4.69, 9.17) is 14.6 Å². The SMILES string of the molecule is COCCOCC(=O)Nc1ccc(O)cc1C(=O)O. The molecular formula is C12H15NO6. The Labute approximate surface area is 109 Å². The predicted molar refractivity (Wildman–Crippen MR) is 66.4 cm³/mol. The summed E-state index contributed by atoms with van der Waals surface area (Å²) in [6.07, 6.45) is 0. The number of carbonyl (C=O) groups is 2. The second-order valence-electron chi connectivity index (χ2n) is 3.63. The number of hydrogen-bond donors (Lipinski definition) is 3. The average Bonchev–Trinajstić information content (AvgIpc) is 2.36. The fourth-order valence-electron chi connectivity index (χ4n) is 1.31. The van der Waals surface area contributed by atoms with Gasteiger partial charge in [-0.2, -0.15) is 0 Å². The number of aromatic carboxylic acids is 1. The van der Waals surface area contributed by atoms with Gasteiger partial charge in [0.1, 0.15) is 12.4 Å². The molecule has 0 aliphatic heterocycles. The van der Waals surface area contributed by atoms with Crippen molar-refractivity contribution in [3.8, 4) is 5.75 Å². The van der Waals surface area contributed by atoms with Gasteiger partial charge in [-0.25, -0.2) is 4.79 Å². The van der Waals surface area contributed by atoms with Crippen LogP contribution in [0.5, 0.6) is 5.75 Å². The first-order chi connectivity index (χ1) is 9.04. The number of ether oxygens (including phenoxy) is 2. The number of anilines is 1. The van der Waals surface area contributed by atoms with Gasteiger partial charge in [0.15, 0.2) is 0 Å². The second-order valence-corrected chi connectivity index (χ2v) is 3.63. The molecule has 7 nitrogen and oxygen atoms in total. The molecule has 1 aromatic rings. The maximum Gasteiger partial charge on any atom is 0.337 e. The first-order valence-corrected chi connectivity index (χ1v) is 5.47. The Morgan fingerprint density at radius 2 is 2.05 bits per heavy atom. The van der Waals surface area contributed by atoms with Crippen LogP contribution < -0.4 is 5.32 Å². The molecule has 0 spiro atoms. The molecule has 1 rings (SSSR count). The van der Waals surface area contributed by atoms with Crippen molar-refractivity contribution in [2.24, 2.45) is 0 Å². The fourth-order valence-corrected chi connectivity index (χ4v) is 1.31. The van der Waals surface area contributed by atoms with Crippen LogP contribution in [0.2, 0.25) is 0 Å². The molecule has 0 atom stereocenters. The summed E-state index contributed by atoms with van der Waals surface area (Å²) in [5.74, 6) is -1.91. The molecule has 0 bridgehead atoms. The highest BCUT2D eigenvalue weighted by Crippen LogP contribution is 2.21. The van der Waals surface area contributed by atoms with E-state index in [1.165, 1.54) is 19.2 Å². The van der Waals surface area contributed by atoms with Crippen LogP contribution in [0.15, 0.2) is 18.2 Å². The minimum Gasteiger partial charge on any atom is -0.508 e. The number of phenolic OH excluding ortho intramolecular Hbond substituents is 1. The number of aromatic hydroxyl groups is 1. The van der Waals surface area contributed by atoms with Crippen LogP contribution in [0, 0.1) is 0 Å². The van der Waals surface area contributed by atoms with Gasteiger partial charge in [0, 0.05) is 7.11 Å². The molecule has 0 radical (unpaired) electrons. The third kappa shape index (κ3) is 4.94. The van der Waals surface area contributed by atoms with Crippen LogP contribution in [0.3, 0.4) is 0 Å². The highest BCUT2D eigenvalue weighted by Gasteiger charge is 2.13. The van der Waals surface area contributed by atoms with Crippen molar-refractivity contribution in [3.05, 3.63) is 23.8 Å². The van der Waals surface area contributed by atoms with E-state index in [0.29, 0.717) is 6.61 Å². The summed E-state index contributed by atoms with van der Waals surface area (Å²) in [4.78, 5) is 22.4. The predicted octanol–water partition coefficient (Wildman–Crippen LogP) is 0.692. The summed E-state index contributed by atoms with van der Waals surface area (Å²) in [6.45, 7) is 0.432. The number of carboxylic acid groups (broad SMARTS) is 1. The summed E-state index contributed by atoms with van der Waals surface area (Å²) < 4.78 is 9.74. The number of carboxylic acids is 1. The standard InChI is InChI=1S/C12H15NO6/c1-18-4-5-19-7-11(15)13-10-3-2-8(14)6-9(10)12(16)17/h2-3,6,14H,4-5,7H2,1H3,(H,13,15)(H,16,17). The van der Waals surface area contributed by atoms with Crippen LogP contribution in [0.1, 0.15) is 10.4 Å². The number of rotatable bonds is 7. The zero-order chi connectivity index (χ0) is 14.3. The van der Waals surface area contributed by atoms with Gasteiger partial charge >= 0.3 is 5.97 Å². The topological polar surface area (TPSA) is 105 Å². The van der Waals surface area contributed by atoms with Crippen molar-refractivity contribution in [2.45, 2.75) is 0 Å². The molecule has 19 heavy (non-hydrogen) atoms. The first-order valence-electron chi connectivity index (χ1n) is 5.47. The summed E-state index contributed by atoms with van der Waals surface area (Å²) in [5, 5.41) is 20.5. The molecular weight excluding hydrogens is 254 g/mol. The lowest BCUT2D eigenvalue weighted by molar-refractivity contribution is -0.121. The van der Waals surface area contributed by atoms with Crippen molar-refractivity contribution in [2.75, 3.05) is 32.2 Å². The van der Waals surface area contributed by atoms with Crippen molar-refractivity contribution < 1.29 is 29.3 Å². The number of carbonyl (C=O) groups excluding carboxylic acids is 1. The van der Waals surface area contributed by atoms with Crippen molar-refractivity contribution in [3.63, 3.8) is 0 Å². The van der Waals surface area contributed by atoms with E-state index in [-0.39, 0.29) is 30.2 Å². The Balaban J connectivity index is 2.61. The summed E-state index contributed by atoms with van der Waals surface area (Å²) >= 11 is 0. The highest BCUT2D eigenvalue weighted by molar-refractivity contribution is 6.01. The first kappa shape index (κ1) is 14.9. The summed E-state index contributed by atoms with van der Waals surface area (Å²) in [5.41, 5.74) is -0.0871. The van der Waals surface area contributed by atoms with E-state index >= 15 is 0 Å². The minimum absolute atomic E-state index is 0.102. The Kier molecular flexibility index (Phi) is 5.77. The van der Waals surface area contributed by atoms with Gasteiger partial charge in [-0.15, -0.1) is 0 Å². The smallest absolute Gasteiger partial charge is 0.337 e. The number of phenols is 1. The number of methoxy groups -OCH3 is 1. The van der Waals surface area contributed by atoms with Crippen LogP contribution >= 0.6 is 0 Å². The molecule has 3 N–H and O–H groups in total. The highest BCUT2D eigenvalue weighted by atomic mass is 16.5. The van der Waals surface area contributed by atoms with Crippen LogP contribution in [-0.2, 0) is 14.3 Å². The monoisotopic (exact) mass is 269 g/mol. The molecule has 0 aromatic heterocycles. The molecule has 0 saturated heterocycles. The average molecular weight is 269 g/mol. The zero-order valence-corrected chi connectivity index (χ0v) is 10.4. The molecule has 7 heteroatoms. The van der Waals surface area contributed by atoms with E-state index in [9.17, 15) is 14.7 Å². The van der Waals surface area contributed by atoms with Crippen LogP contribution in [-0.4, -0.2) is 49.0 Å². The molecule has 0 saturated carbocycles. The molecule has 0 unspecified atom stereocenters. The quantitative estimate of drug-likeness (QED) is 0.497. The van der Waals surface area contributed by atoms with E-state index in [1.54, 1.807) is 0 Å². The lowest BCUT2D eigenvalue weighted by Gasteiger charge is -2.09. The van der Waals surface area contributed by atoms with Gasteiger partial charge in [-0.05, 0) is 18.2 Å². The number of nitrogens with one attached hydrogen (secondary N) is 1. The molecule has 0 aliphatic carbocycles. The van der Waals surface area contributed by atoms with E-state index in [0.717, 1.165) is 6.07 Å². The maximum atomic E-state index is 11.5. The molecule has 0 heterocycles. The van der Waals surface area contributed by atoms with Crippen LogP contribution in [0.4, 0.5) is 5.69 Å². The van der Waals surface area contributed by atoms with E-state index in [2.05, 4.69) is 5.32 Å². The Hall–Kier alpha value is -2.12. The van der Waals surface area contributed by atoms with Gasteiger partial charge in [-0.1, -0.05) is 0 Å². The lowest BCUT2D eigenvalue weighted by atomic mass is 10.1. The van der Waals surface area contributed by atoms with Gasteiger partial charge in [0.2, 0.25) is 5.91 Å². The minimum atomic E-state index is -1.24. The van der Waals surface area contributed by atoms with Gasteiger partial charge in [0.25, 0.3) is 0 Å². The molecule has 1 aromatic carbocycles. The summed E-state index contributed by atoms with van der Waals surface area (Å²) in [6, 6.07) is 3.66. The molecule has 1 amide bonds. The van der Waals surface area contributed by atoms with Crippen LogP contribution in [0.25, 0.3) is 0 Å². The lowest BCUT2D eigenvalue weighted by Crippen LogP contribution is -2.21. The number of hydrogen-bond acceptors (Lipinski definition) is 5. The van der Waals surface area contributed by atoms with Crippen molar-refractivity contribution in [1.29, 1.82) is 0 Å².